The molecule has 1 N–H and O–H groups in total. The first-order valence-corrected chi connectivity index (χ1v) is 8.77. The number of nitrogens with zero attached hydrogens (tertiary/aromatic N) is 3. The van der Waals surface area contributed by atoms with Crippen molar-refractivity contribution in [3.05, 3.63) is 41.7 Å². The molecule has 7 heteroatoms. The zero-order valence-corrected chi connectivity index (χ0v) is 15.2. The molecule has 1 aliphatic heterocycles. The second-order valence-electron chi connectivity index (χ2n) is 6.16. The molecular weight excluding hydrogens is 332 g/mol. The predicted octanol–water partition coefficient (Wildman–Crippen LogP) is 2.07. The first-order valence-electron chi connectivity index (χ1n) is 8.77. The number of rotatable bonds is 7. The van der Waals surface area contributed by atoms with Crippen LogP contribution in [0.25, 0.3) is 0 Å². The number of hydrogen-bond donors (Lipinski definition) is 1. The van der Waals surface area contributed by atoms with E-state index in [0.717, 1.165) is 18.7 Å². The number of methoxy groups -OCH3 is 2. The molecule has 0 atom stereocenters. The van der Waals surface area contributed by atoms with Gasteiger partial charge in [-0.15, -0.1) is 0 Å². The summed E-state index contributed by atoms with van der Waals surface area (Å²) in [5.41, 5.74) is 1.53. The van der Waals surface area contributed by atoms with Crippen molar-refractivity contribution in [2.24, 2.45) is 0 Å². The van der Waals surface area contributed by atoms with Crippen LogP contribution in [-0.2, 0) is 6.42 Å². The van der Waals surface area contributed by atoms with Crippen molar-refractivity contribution in [2.45, 2.75) is 19.3 Å². The number of aromatic nitrogens is 2. The summed E-state index contributed by atoms with van der Waals surface area (Å²) in [4.78, 5) is 23.0. The second-order valence-corrected chi connectivity index (χ2v) is 6.16. The van der Waals surface area contributed by atoms with Crippen molar-refractivity contribution in [3.8, 4) is 11.5 Å². The Morgan fingerprint density at radius 2 is 1.81 bits per heavy atom. The van der Waals surface area contributed by atoms with Gasteiger partial charge in [-0.25, -0.2) is 9.97 Å². The highest BCUT2D eigenvalue weighted by atomic mass is 16.5. The fraction of sp³-hybridized carbons (Fsp3) is 0.421. The summed E-state index contributed by atoms with van der Waals surface area (Å²) < 4.78 is 10.5. The van der Waals surface area contributed by atoms with Gasteiger partial charge in [0.1, 0.15) is 0 Å². The van der Waals surface area contributed by atoms with Crippen molar-refractivity contribution >= 4 is 11.9 Å². The highest BCUT2D eigenvalue weighted by molar-refractivity contribution is 5.93. The van der Waals surface area contributed by atoms with Crippen molar-refractivity contribution < 1.29 is 14.3 Å². The smallest absolute Gasteiger partial charge is 0.254 e. The minimum atomic E-state index is -0.168. The van der Waals surface area contributed by atoms with E-state index in [9.17, 15) is 4.79 Å². The maximum absolute atomic E-state index is 12.2. The highest BCUT2D eigenvalue weighted by Gasteiger charge is 2.15. The summed E-state index contributed by atoms with van der Waals surface area (Å²) in [5.74, 6) is 1.90. The van der Waals surface area contributed by atoms with E-state index in [4.69, 9.17) is 9.47 Å². The normalized spacial score (nSPS) is 13.5. The Morgan fingerprint density at radius 3 is 2.46 bits per heavy atom. The van der Waals surface area contributed by atoms with Crippen LogP contribution in [0.4, 0.5) is 5.95 Å². The quantitative estimate of drug-likeness (QED) is 0.818. The van der Waals surface area contributed by atoms with E-state index in [2.05, 4.69) is 20.2 Å². The Kier molecular flexibility index (Phi) is 5.88. The number of carbonyl (C=O) groups is 1. The third-order valence-electron chi connectivity index (χ3n) is 4.44. The fourth-order valence-electron chi connectivity index (χ4n) is 2.98. The van der Waals surface area contributed by atoms with E-state index in [-0.39, 0.29) is 5.91 Å². The van der Waals surface area contributed by atoms with Crippen LogP contribution in [0.15, 0.2) is 30.6 Å². The van der Waals surface area contributed by atoms with Crippen LogP contribution >= 0.6 is 0 Å². The number of nitrogens with one attached hydrogen (secondary N) is 1. The molecule has 138 valence electrons. The monoisotopic (exact) mass is 356 g/mol. The fourth-order valence-corrected chi connectivity index (χ4v) is 2.98. The molecular formula is C19H24N4O3. The Balaban J connectivity index is 1.52. The largest absolute Gasteiger partial charge is 0.493 e. The second kappa shape index (κ2) is 8.51. The summed E-state index contributed by atoms with van der Waals surface area (Å²) in [6.45, 7) is 2.48. The molecule has 1 saturated heterocycles. The Bertz CT molecular complexity index is 743. The number of hydrogen-bond acceptors (Lipinski definition) is 6. The van der Waals surface area contributed by atoms with Gasteiger partial charge in [0.05, 0.1) is 19.8 Å². The minimum absolute atomic E-state index is 0.168. The summed E-state index contributed by atoms with van der Waals surface area (Å²) >= 11 is 0. The lowest BCUT2D eigenvalue weighted by atomic mass is 10.1. The maximum Gasteiger partial charge on any atom is 0.254 e. The van der Waals surface area contributed by atoms with Gasteiger partial charge < -0.3 is 19.7 Å². The molecule has 1 fully saturated rings. The van der Waals surface area contributed by atoms with Gasteiger partial charge in [0.25, 0.3) is 5.91 Å². The third kappa shape index (κ3) is 4.22. The highest BCUT2D eigenvalue weighted by Crippen LogP contribution is 2.27. The first-order chi connectivity index (χ1) is 12.7. The Morgan fingerprint density at radius 1 is 1.12 bits per heavy atom. The third-order valence-corrected chi connectivity index (χ3v) is 4.44. The average molecular weight is 356 g/mol. The molecule has 0 unspecified atom stereocenters. The van der Waals surface area contributed by atoms with Crippen LogP contribution in [0.5, 0.6) is 11.5 Å². The zero-order valence-electron chi connectivity index (χ0n) is 15.2. The van der Waals surface area contributed by atoms with Gasteiger partial charge in [-0.2, -0.15) is 0 Å². The molecule has 0 bridgehead atoms. The van der Waals surface area contributed by atoms with E-state index in [1.165, 1.54) is 12.8 Å². The summed E-state index contributed by atoms with van der Waals surface area (Å²) in [6.07, 6.45) is 6.21. The van der Waals surface area contributed by atoms with Crippen LogP contribution in [0.2, 0.25) is 0 Å². The van der Waals surface area contributed by atoms with E-state index in [1.807, 2.05) is 18.2 Å². The molecule has 2 heterocycles. The van der Waals surface area contributed by atoms with Gasteiger partial charge in [-0.05, 0) is 37.0 Å². The van der Waals surface area contributed by atoms with Crippen molar-refractivity contribution in [2.75, 3.05) is 38.8 Å². The predicted molar refractivity (Wildman–Crippen MR) is 99.1 cm³/mol. The van der Waals surface area contributed by atoms with Gasteiger partial charge in [0.15, 0.2) is 11.5 Å². The standard InChI is InChI=1S/C19H24N4O3/c1-25-16-6-5-14(11-17(16)26-2)7-8-20-18(24)15-12-21-19(22-13-15)23-9-3-4-10-23/h5-6,11-13H,3-4,7-10H2,1-2H3,(H,20,24). The molecule has 1 amide bonds. The zero-order chi connectivity index (χ0) is 18.4. The van der Waals surface area contributed by atoms with Crippen LogP contribution in [0.3, 0.4) is 0 Å². The summed E-state index contributed by atoms with van der Waals surface area (Å²) in [7, 11) is 3.21. The number of amides is 1. The minimum Gasteiger partial charge on any atom is -0.493 e. The van der Waals surface area contributed by atoms with E-state index in [0.29, 0.717) is 36.0 Å². The van der Waals surface area contributed by atoms with Crippen LogP contribution in [-0.4, -0.2) is 49.7 Å². The number of anilines is 1. The van der Waals surface area contributed by atoms with Crippen LogP contribution in [0.1, 0.15) is 28.8 Å². The van der Waals surface area contributed by atoms with Crippen molar-refractivity contribution in [1.29, 1.82) is 0 Å². The van der Waals surface area contributed by atoms with E-state index >= 15 is 0 Å². The topological polar surface area (TPSA) is 76.6 Å². The lowest BCUT2D eigenvalue weighted by Crippen LogP contribution is -2.26. The molecule has 0 spiro atoms. The molecule has 1 aromatic carbocycles. The van der Waals surface area contributed by atoms with Gasteiger partial charge in [0.2, 0.25) is 5.95 Å². The average Bonchev–Trinajstić information content (AvgIpc) is 3.22. The molecule has 7 nitrogen and oxygen atoms in total. The molecule has 1 aliphatic rings. The van der Waals surface area contributed by atoms with Crippen molar-refractivity contribution in [1.82, 2.24) is 15.3 Å². The number of carbonyl (C=O) groups excluding carboxylic acids is 1. The molecule has 0 saturated carbocycles. The van der Waals surface area contributed by atoms with Crippen LogP contribution < -0.4 is 19.7 Å². The van der Waals surface area contributed by atoms with Crippen LogP contribution in [0, 0.1) is 0 Å². The van der Waals surface area contributed by atoms with Crippen molar-refractivity contribution in [3.63, 3.8) is 0 Å². The first kappa shape index (κ1) is 18.0. The Labute approximate surface area is 153 Å². The summed E-state index contributed by atoms with van der Waals surface area (Å²) in [6, 6.07) is 5.74. The van der Waals surface area contributed by atoms with Gasteiger partial charge in [-0.3, -0.25) is 4.79 Å². The van der Waals surface area contributed by atoms with Gasteiger partial charge >= 0.3 is 0 Å². The molecule has 2 aromatic rings. The molecule has 0 radical (unpaired) electrons. The number of benzene rings is 1. The molecule has 0 aliphatic carbocycles. The van der Waals surface area contributed by atoms with E-state index in [1.54, 1.807) is 26.6 Å². The number of ether oxygens (including phenoxy) is 2. The van der Waals surface area contributed by atoms with Gasteiger partial charge in [0, 0.05) is 32.0 Å². The lowest BCUT2D eigenvalue weighted by Gasteiger charge is -2.14. The van der Waals surface area contributed by atoms with E-state index < -0.39 is 0 Å². The molecule has 26 heavy (non-hydrogen) atoms. The summed E-state index contributed by atoms with van der Waals surface area (Å²) in [5, 5.41) is 2.90. The SMILES string of the molecule is COc1ccc(CCNC(=O)c2cnc(N3CCCC3)nc2)cc1OC. The Hall–Kier alpha value is -2.83. The lowest BCUT2D eigenvalue weighted by molar-refractivity contribution is 0.0953. The van der Waals surface area contributed by atoms with Gasteiger partial charge in [-0.1, -0.05) is 6.07 Å². The molecule has 1 aromatic heterocycles. The molecule has 3 rings (SSSR count). The maximum atomic E-state index is 12.2.